The van der Waals surface area contributed by atoms with Gasteiger partial charge in [0.05, 0.1) is 15.5 Å². The van der Waals surface area contributed by atoms with Crippen molar-refractivity contribution in [3.63, 3.8) is 0 Å². The Morgan fingerprint density at radius 1 is 0.903 bits per heavy atom. The van der Waals surface area contributed by atoms with Gasteiger partial charge in [0.25, 0.3) is 0 Å². The Balaban J connectivity index is 1.70. The van der Waals surface area contributed by atoms with Crippen LogP contribution in [0.3, 0.4) is 0 Å². The third-order valence-electron chi connectivity index (χ3n) is 4.72. The van der Waals surface area contributed by atoms with Gasteiger partial charge in [-0.2, -0.15) is 0 Å². The first-order chi connectivity index (χ1) is 14.8. The number of ether oxygens (including phenoxy) is 1. The topological polar surface area (TPSA) is 56.3 Å². The number of benzene rings is 3. The van der Waals surface area contributed by atoms with Gasteiger partial charge in [-0.3, -0.25) is 0 Å². The zero-order chi connectivity index (χ0) is 22.0. The Labute approximate surface area is 184 Å². The highest BCUT2D eigenvalue weighted by atomic mass is 32.2. The van der Waals surface area contributed by atoms with Gasteiger partial charge in [0.2, 0.25) is 0 Å². The van der Waals surface area contributed by atoms with E-state index in [1.54, 1.807) is 36.4 Å². The summed E-state index contributed by atoms with van der Waals surface area (Å²) in [6.45, 7) is 2.31. The van der Waals surface area contributed by atoms with Crippen molar-refractivity contribution in [3.05, 3.63) is 89.2 Å². The van der Waals surface area contributed by atoms with Crippen molar-refractivity contribution in [1.29, 1.82) is 0 Å². The Kier molecular flexibility index (Phi) is 5.89. The predicted octanol–water partition coefficient (Wildman–Crippen LogP) is 5.91. The van der Waals surface area contributed by atoms with E-state index in [0.29, 0.717) is 12.3 Å². The summed E-state index contributed by atoms with van der Waals surface area (Å²) in [4.78, 5) is 5.87. The molecule has 158 valence electrons. The predicted molar refractivity (Wildman–Crippen MR) is 122 cm³/mol. The first kappa shape index (κ1) is 21.2. The van der Waals surface area contributed by atoms with Crippen molar-refractivity contribution in [3.8, 4) is 27.4 Å². The summed E-state index contributed by atoms with van der Waals surface area (Å²) in [6.07, 6.45) is 1.18. The standard InChI is InChI=1S/C24H20FNO3S2/c1-16-3-11-20(12-4-16)29-15-22-26-23(17-7-13-21(14-8-17)31(2,27)28)24(30-22)18-5-9-19(25)10-6-18/h3-14H,15H2,1-2H3. The quantitative estimate of drug-likeness (QED) is 0.364. The van der Waals surface area contributed by atoms with Crippen LogP contribution in [-0.2, 0) is 16.4 Å². The zero-order valence-corrected chi connectivity index (χ0v) is 18.6. The number of halogens is 1. The lowest BCUT2D eigenvalue weighted by Gasteiger charge is -2.04. The van der Waals surface area contributed by atoms with Crippen LogP contribution in [0.15, 0.2) is 77.7 Å². The van der Waals surface area contributed by atoms with Crippen LogP contribution in [0.1, 0.15) is 10.6 Å². The second-order valence-electron chi connectivity index (χ2n) is 7.19. The molecule has 0 unspecified atom stereocenters. The molecule has 4 nitrogen and oxygen atoms in total. The fraction of sp³-hybridized carbons (Fsp3) is 0.125. The van der Waals surface area contributed by atoms with E-state index in [1.807, 2.05) is 31.2 Å². The average molecular weight is 454 g/mol. The van der Waals surface area contributed by atoms with Gasteiger partial charge in [-0.1, -0.05) is 42.0 Å². The summed E-state index contributed by atoms with van der Waals surface area (Å²) in [6, 6.07) is 20.6. The number of hydrogen-bond acceptors (Lipinski definition) is 5. The van der Waals surface area contributed by atoms with Gasteiger partial charge in [0.15, 0.2) is 9.84 Å². The molecule has 1 heterocycles. The Morgan fingerprint density at radius 3 is 2.13 bits per heavy atom. The molecule has 7 heteroatoms. The van der Waals surface area contributed by atoms with E-state index in [1.165, 1.54) is 29.7 Å². The molecule has 0 amide bonds. The molecule has 0 bridgehead atoms. The van der Waals surface area contributed by atoms with Gasteiger partial charge in [0, 0.05) is 11.8 Å². The molecule has 0 saturated carbocycles. The molecule has 4 aromatic rings. The smallest absolute Gasteiger partial charge is 0.175 e. The lowest BCUT2D eigenvalue weighted by molar-refractivity contribution is 0.305. The maximum Gasteiger partial charge on any atom is 0.175 e. The molecule has 0 N–H and O–H groups in total. The highest BCUT2D eigenvalue weighted by Crippen LogP contribution is 2.37. The van der Waals surface area contributed by atoms with E-state index in [2.05, 4.69) is 0 Å². The number of aromatic nitrogens is 1. The highest BCUT2D eigenvalue weighted by molar-refractivity contribution is 7.90. The van der Waals surface area contributed by atoms with Crippen molar-refractivity contribution in [2.24, 2.45) is 0 Å². The molecule has 0 aliphatic carbocycles. The third-order valence-corrected chi connectivity index (χ3v) is 6.92. The molecule has 31 heavy (non-hydrogen) atoms. The summed E-state index contributed by atoms with van der Waals surface area (Å²) in [5.41, 5.74) is 3.48. The van der Waals surface area contributed by atoms with E-state index >= 15 is 0 Å². The fourth-order valence-electron chi connectivity index (χ4n) is 3.06. The molecule has 0 saturated heterocycles. The van der Waals surface area contributed by atoms with E-state index in [4.69, 9.17) is 9.72 Å². The molecule has 3 aromatic carbocycles. The van der Waals surface area contributed by atoms with Crippen LogP contribution >= 0.6 is 11.3 Å². The third kappa shape index (κ3) is 5.00. The zero-order valence-electron chi connectivity index (χ0n) is 17.0. The fourth-order valence-corrected chi connectivity index (χ4v) is 4.69. The molecule has 1 aromatic heterocycles. The lowest BCUT2D eigenvalue weighted by Crippen LogP contribution is -1.97. The van der Waals surface area contributed by atoms with Crippen LogP contribution < -0.4 is 4.74 Å². The summed E-state index contributed by atoms with van der Waals surface area (Å²) >= 11 is 1.47. The highest BCUT2D eigenvalue weighted by Gasteiger charge is 2.17. The van der Waals surface area contributed by atoms with Gasteiger partial charge in [-0.15, -0.1) is 11.3 Å². The van der Waals surface area contributed by atoms with Crippen molar-refractivity contribution in [2.75, 3.05) is 6.26 Å². The molecule has 0 radical (unpaired) electrons. The van der Waals surface area contributed by atoms with Crippen LogP contribution in [0, 0.1) is 12.7 Å². The van der Waals surface area contributed by atoms with Gasteiger partial charge in [-0.25, -0.2) is 17.8 Å². The monoisotopic (exact) mass is 453 g/mol. The van der Waals surface area contributed by atoms with E-state index < -0.39 is 9.84 Å². The lowest BCUT2D eigenvalue weighted by atomic mass is 10.1. The van der Waals surface area contributed by atoms with Gasteiger partial charge < -0.3 is 4.74 Å². The molecule has 0 aliphatic rings. The van der Waals surface area contributed by atoms with Crippen LogP contribution in [0.5, 0.6) is 5.75 Å². The molecule has 0 aliphatic heterocycles. The molecule has 0 spiro atoms. The summed E-state index contributed by atoms with van der Waals surface area (Å²) in [5, 5.41) is 0.766. The summed E-state index contributed by atoms with van der Waals surface area (Å²) < 4.78 is 42.9. The largest absolute Gasteiger partial charge is 0.486 e. The Hall–Kier alpha value is -3.03. The van der Waals surface area contributed by atoms with Gasteiger partial charge in [0.1, 0.15) is 23.2 Å². The Bertz CT molecular complexity index is 1290. The maximum absolute atomic E-state index is 13.4. The number of sulfone groups is 1. The number of thiazole rings is 1. The molecular formula is C24H20FNO3S2. The molecular weight excluding hydrogens is 433 g/mol. The number of aryl methyl sites for hydroxylation is 1. The number of rotatable bonds is 6. The maximum atomic E-state index is 13.4. The van der Waals surface area contributed by atoms with E-state index in [9.17, 15) is 12.8 Å². The van der Waals surface area contributed by atoms with Gasteiger partial charge in [-0.05, 0) is 48.9 Å². The minimum atomic E-state index is -3.29. The second-order valence-corrected chi connectivity index (χ2v) is 10.3. The van der Waals surface area contributed by atoms with Crippen molar-refractivity contribution < 1.29 is 17.5 Å². The van der Waals surface area contributed by atoms with Crippen molar-refractivity contribution in [1.82, 2.24) is 4.98 Å². The molecule has 4 rings (SSSR count). The van der Waals surface area contributed by atoms with Crippen molar-refractivity contribution >= 4 is 21.2 Å². The van der Waals surface area contributed by atoms with Crippen LogP contribution in [0.4, 0.5) is 4.39 Å². The molecule has 0 fully saturated rings. The minimum Gasteiger partial charge on any atom is -0.486 e. The SMILES string of the molecule is Cc1ccc(OCc2nc(-c3ccc(S(C)(=O)=O)cc3)c(-c3ccc(F)cc3)s2)cc1. The number of nitrogens with zero attached hydrogens (tertiary/aromatic N) is 1. The Morgan fingerprint density at radius 2 is 1.52 bits per heavy atom. The normalized spacial score (nSPS) is 11.5. The first-order valence-electron chi connectivity index (χ1n) is 9.55. The second kappa shape index (κ2) is 8.61. The summed E-state index contributed by atoms with van der Waals surface area (Å²) in [5.74, 6) is 0.443. The number of hydrogen-bond donors (Lipinski definition) is 0. The van der Waals surface area contributed by atoms with Crippen molar-refractivity contribution in [2.45, 2.75) is 18.4 Å². The average Bonchev–Trinajstić information content (AvgIpc) is 3.18. The first-order valence-corrected chi connectivity index (χ1v) is 12.3. The van der Waals surface area contributed by atoms with Gasteiger partial charge >= 0.3 is 0 Å². The van der Waals surface area contributed by atoms with Crippen LogP contribution in [-0.4, -0.2) is 19.7 Å². The molecule has 0 atom stereocenters. The van der Waals surface area contributed by atoms with Crippen LogP contribution in [0.2, 0.25) is 0 Å². The summed E-state index contributed by atoms with van der Waals surface area (Å²) in [7, 11) is -3.29. The van der Waals surface area contributed by atoms with Crippen LogP contribution in [0.25, 0.3) is 21.7 Å². The van der Waals surface area contributed by atoms with E-state index in [-0.39, 0.29) is 10.7 Å². The minimum absolute atomic E-state index is 0.248. The van der Waals surface area contributed by atoms with E-state index in [0.717, 1.165) is 32.3 Å².